The van der Waals surface area contributed by atoms with E-state index in [1.807, 2.05) is 12.1 Å². The molecule has 5 heteroatoms. The van der Waals surface area contributed by atoms with Crippen molar-refractivity contribution in [2.75, 3.05) is 6.54 Å². The molecule has 0 aliphatic carbocycles. The van der Waals surface area contributed by atoms with Crippen LogP contribution in [0.3, 0.4) is 0 Å². The third-order valence-corrected chi connectivity index (χ3v) is 3.78. The van der Waals surface area contributed by atoms with Crippen molar-refractivity contribution < 1.29 is 0 Å². The maximum absolute atomic E-state index is 6.22. The van der Waals surface area contributed by atoms with Crippen molar-refractivity contribution in [3.8, 4) is 11.5 Å². The molecular formula is C15H17ClN4. The van der Waals surface area contributed by atoms with Gasteiger partial charge in [0.25, 0.3) is 0 Å². The van der Waals surface area contributed by atoms with Crippen LogP contribution >= 0.6 is 11.6 Å². The monoisotopic (exact) mass is 288 g/mol. The Morgan fingerprint density at radius 2 is 2.25 bits per heavy atom. The van der Waals surface area contributed by atoms with Crippen LogP contribution in [0.4, 0.5) is 0 Å². The zero-order chi connectivity index (χ0) is 13.9. The van der Waals surface area contributed by atoms with E-state index in [1.54, 1.807) is 6.20 Å². The largest absolute Gasteiger partial charge is 0.312 e. The summed E-state index contributed by atoms with van der Waals surface area (Å²) in [5.41, 5.74) is 4.20. The number of fused-ring (bicyclic) bond motifs is 1. The van der Waals surface area contributed by atoms with Crippen molar-refractivity contribution in [2.24, 2.45) is 0 Å². The minimum atomic E-state index is 0.601. The molecular weight excluding hydrogens is 272 g/mol. The summed E-state index contributed by atoms with van der Waals surface area (Å²) in [6, 6.07) is 3.65. The number of halogens is 1. The topological polar surface area (TPSA) is 50.7 Å². The maximum atomic E-state index is 6.22. The average Bonchev–Trinajstić information content (AvgIpc) is 2.48. The van der Waals surface area contributed by atoms with Crippen LogP contribution in [-0.2, 0) is 19.4 Å². The van der Waals surface area contributed by atoms with Gasteiger partial charge in [0.1, 0.15) is 5.69 Å². The fraction of sp³-hybridized carbons (Fsp3) is 0.400. The van der Waals surface area contributed by atoms with Gasteiger partial charge >= 0.3 is 0 Å². The second kappa shape index (κ2) is 5.85. The number of hydrogen-bond acceptors (Lipinski definition) is 4. The lowest BCUT2D eigenvalue weighted by Crippen LogP contribution is -2.27. The van der Waals surface area contributed by atoms with Crippen molar-refractivity contribution in [2.45, 2.75) is 32.7 Å². The van der Waals surface area contributed by atoms with Crippen LogP contribution in [-0.4, -0.2) is 21.5 Å². The first-order chi connectivity index (χ1) is 9.79. The number of nitrogens with zero attached hydrogens (tertiary/aromatic N) is 3. The fourth-order valence-corrected chi connectivity index (χ4v) is 2.72. The molecule has 0 amide bonds. The van der Waals surface area contributed by atoms with Gasteiger partial charge in [-0.15, -0.1) is 0 Å². The van der Waals surface area contributed by atoms with Gasteiger partial charge in [-0.05, 0) is 18.6 Å². The molecule has 20 heavy (non-hydrogen) atoms. The molecule has 3 heterocycles. The van der Waals surface area contributed by atoms with Gasteiger partial charge in [-0.25, -0.2) is 9.97 Å². The lowest BCUT2D eigenvalue weighted by atomic mass is 10.0. The predicted molar refractivity (Wildman–Crippen MR) is 79.7 cm³/mol. The van der Waals surface area contributed by atoms with Gasteiger partial charge in [0.05, 0.1) is 10.7 Å². The highest BCUT2D eigenvalue weighted by atomic mass is 35.5. The van der Waals surface area contributed by atoms with Crippen LogP contribution < -0.4 is 5.32 Å². The van der Waals surface area contributed by atoms with E-state index < -0.39 is 0 Å². The molecule has 2 aromatic heterocycles. The molecule has 3 rings (SSSR count). The summed E-state index contributed by atoms with van der Waals surface area (Å²) in [5, 5.41) is 3.99. The first kappa shape index (κ1) is 13.5. The van der Waals surface area contributed by atoms with E-state index in [9.17, 15) is 0 Å². The van der Waals surface area contributed by atoms with E-state index in [0.29, 0.717) is 16.5 Å². The lowest BCUT2D eigenvalue weighted by Gasteiger charge is -2.20. The van der Waals surface area contributed by atoms with Crippen LogP contribution in [0.15, 0.2) is 18.3 Å². The van der Waals surface area contributed by atoms with E-state index in [0.717, 1.165) is 43.7 Å². The smallest absolute Gasteiger partial charge is 0.180 e. The van der Waals surface area contributed by atoms with Crippen LogP contribution in [0.5, 0.6) is 0 Å². The number of aryl methyl sites for hydroxylation is 1. The van der Waals surface area contributed by atoms with Gasteiger partial charge in [0, 0.05) is 37.0 Å². The first-order valence-corrected chi connectivity index (χ1v) is 7.37. The highest BCUT2D eigenvalue weighted by molar-refractivity contribution is 6.32. The summed E-state index contributed by atoms with van der Waals surface area (Å²) in [5.74, 6) is 0.653. The first-order valence-electron chi connectivity index (χ1n) is 7.00. The van der Waals surface area contributed by atoms with E-state index in [2.05, 4.69) is 22.2 Å². The Morgan fingerprint density at radius 3 is 3.05 bits per heavy atom. The Labute approximate surface area is 123 Å². The molecule has 0 spiro atoms. The average molecular weight is 289 g/mol. The molecule has 0 aromatic carbocycles. The standard InChI is InChI=1S/C15H17ClN4/c1-2-4-12-10-9-17-8-6-13(10)20-15(19-12)14-11(16)5-3-7-18-14/h3,5,7,17H,2,4,6,8-9H2,1H3. The maximum Gasteiger partial charge on any atom is 0.180 e. The molecule has 4 nitrogen and oxygen atoms in total. The molecule has 0 radical (unpaired) electrons. The molecule has 0 saturated heterocycles. The van der Waals surface area contributed by atoms with Gasteiger partial charge in [-0.2, -0.15) is 0 Å². The molecule has 1 aliphatic heterocycles. The minimum Gasteiger partial charge on any atom is -0.312 e. The molecule has 1 aliphatic rings. The van der Waals surface area contributed by atoms with Gasteiger partial charge in [0.2, 0.25) is 0 Å². The van der Waals surface area contributed by atoms with Crippen molar-refractivity contribution in [3.05, 3.63) is 40.3 Å². The number of aromatic nitrogens is 3. The Kier molecular flexibility index (Phi) is 3.94. The van der Waals surface area contributed by atoms with Crippen molar-refractivity contribution >= 4 is 11.6 Å². The minimum absolute atomic E-state index is 0.601. The molecule has 1 N–H and O–H groups in total. The van der Waals surface area contributed by atoms with Crippen molar-refractivity contribution in [1.82, 2.24) is 20.3 Å². The highest BCUT2D eigenvalue weighted by Gasteiger charge is 2.19. The summed E-state index contributed by atoms with van der Waals surface area (Å²) in [4.78, 5) is 13.7. The summed E-state index contributed by atoms with van der Waals surface area (Å²) in [6.45, 7) is 3.99. The number of rotatable bonds is 3. The van der Waals surface area contributed by atoms with Crippen LogP contribution in [0.25, 0.3) is 11.5 Å². The van der Waals surface area contributed by atoms with Gasteiger partial charge < -0.3 is 5.32 Å². The second-order valence-electron chi connectivity index (χ2n) is 4.93. The Morgan fingerprint density at radius 1 is 1.35 bits per heavy atom. The molecule has 0 saturated carbocycles. The third-order valence-electron chi connectivity index (χ3n) is 3.48. The normalized spacial score (nSPS) is 14.1. The van der Waals surface area contributed by atoms with Crippen molar-refractivity contribution in [3.63, 3.8) is 0 Å². The van der Waals surface area contributed by atoms with E-state index in [1.165, 1.54) is 5.56 Å². The molecule has 0 unspecified atom stereocenters. The van der Waals surface area contributed by atoms with E-state index >= 15 is 0 Å². The number of nitrogens with one attached hydrogen (secondary N) is 1. The zero-order valence-electron chi connectivity index (χ0n) is 11.5. The number of hydrogen-bond donors (Lipinski definition) is 1. The summed E-state index contributed by atoms with van der Waals surface area (Å²) >= 11 is 6.22. The fourth-order valence-electron chi connectivity index (χ4n) is 2.51. The molecule has 0 fully saturated rings. The lowest BCUT2D eigenvalue weighted by molar-refractivity contribution is 0.615. The Balaban J connectivity index is 2.13. The van der Waals surface area contributed by atoms with E-state index in [-0.39, 0.29) is 0 Å². The zero-order valence-corrected chi connectivity index (χ0v) is 12.2. The summed E-state index contributed by atoms with van der Waals surface area (Å²) < 4.78 is 0. The molecule has 0 bridgehead atoms. The molecule has 104 valence electrons. The molecule has 2 aromatic rings. The van der Waals surface area contributed by atoms with Gasteiger partial charge in [0.15, 0.2) is 5.82 Å². The summed E-state index contributed by atoms with van der Waals surface area (Å²) in [7, 11) is 0. The quantitative estimate of drug-likeness (QED) is 0.943. The van der Waals surface area contributed by atoms with Crippen molar-refractivity contribution in [1.29, 1.82) is 0 Å². The number of pyridine rings is 1. The van der Waals surface area contributed by atoms with Gasteiger partial charge in [-0.1, -0.05) is 24.9 Å². The van der Waals surface area contributed by atoms with Crippen LogP contribution in [0.2, 0.25) is 5.02 Å². The van der Waals surface area contributed by atoms with Crippen LogP contribution in [0.1, 0.15) is 30.3 Å². The second-order valence-corrected chi connectivity index (χ2v) is 5.34. The summed E-state index contributed by atoms with van der Waals surface area (Å²) in [6.07, 6.45) is 4.69. The van der Waals surface area contributed by atoms with Crippen LogP contribution in [0, 0.1) is 0 Å². The Hall–Kier alpha value is -1.52. The predicted octanol–water partition coefficient (Wildman–Crippen LogP) is 2.79. The molecule has 0 atom stereocenters. The Bertz CT molecular complexity index is 627. The SMILES string of the molecule is CCCc1nc(-c2ncccc2Cl)nc2c1CNCC2. The highest BCUT2D eigenvalue weighted by Crippen LogP contribution is 2.25. The van der Waals surface area contributed by atoms with Gasteiger partial charge in [-0.3, -0.25) is 4.98 Å². The van der Waals surface area contributed by atoms with E-state index in [4.69, 9.17) is 16.6 Å². The third kappa shape index (κ3) is 2.53.